The van der Waals surface area contributed by atoms with E-state index in [0.717, 1.165) is 23.4 Å². The number of rotatable bonds is 2. The molecule has 124 valence electrons. The summed E-state index contributed by atoms with van der Waals surface area (Å²) in [6, 6.07) is 9.91. The smallest absolute Gasteiger partial charge is 0.238 e. The van der Waals surface area contributed by atoms with Crippen LogP contribution in [0.25, 0.3) is 17.0 Å². The van der Waals surface area contributed by atoms with Gasteiger partial charge < -0.3 is 9.64 Å². The Kier molecular flexibility index (Phi) is 3.86. The number of hydrogen-bond donors (Lipinski definition) is 0. The number of para-hydroxylation sites is 2. The SMILES string of the molecule is C[C@@H]1OCCN(c2cc(Cl)nc(-n3cnc4ccccc43)n2)[C@H]1C. The van der Waals surface area contributed by atoms with E-state index in [-0.39, 0.29) is 12.1 Å². The van der Waals surface area contributed by atoms with Crippen molar-refractivity contribution in [2.24, 2.45) is 0 Å². The summed E-state index contributed by atoms with van der Waals surface area (Å²) in [4.78, 5) is 15.7. The molecule has 0 amide bonds. The van der Waals surface area contributed by atoms with Crippen LogP contribution in [0.2, 0.25) is 5.15 Å². The number of aromatic nitrogens is 4. The van der Waals surface area contributed by atoms with Crippen LogP contribution in [0.1, 0.15) is 13.8 Å². The first-order chi connectivity index (χ1) is 11.6. The van der Waals surface area contributed by atoms with Crippen LogP contribution in [0.15, 0.2) is 36.7 Å². The van der Waals surface area contributed by atoms with Gasteiger partial charge in [-0.3, -0.25) is 4.57 Å². The molecule has 3 aromatic rings. The lowest BCUT2D eigenvalue weighted by Crippen LogP contribution is -2.49. The Balaban J connectivity index is 1.79. The lowest BCUT2D eigenvalue weighted by Gasteiger charge is -2.38. The molecule has 0 aliphatic carbocycles. The van der Waals surface area contributed by atoms with Crippen molar-refractivity contribution in [2.45, 2.75) is 26.0 Å². The van der Waals surface area contributed by atoms with E-state index >= 15 is 0 Å². The molecule has 0 unspecified atom stereocenters. The summed E-state index contributed by atoms with van der Waals surface area (Å²) >= 11 is 6.28. The highest BCUT2D eigenvalue weighted by Gasteiger charge is 2.27. The highest BCUT2D eigenvalue weighted by Crippen LogP contribution is 2.25. The van der Waals surface area contributed by atoms with Crippen LogP contribution in [-0.2, 0) is 4.74 Å². The first-order valence-corrected chi connectivity index (χ1v) is 8.36. The molecule has 0 spiro atoms. The predicted octanol–water partition coefficient (Wildman–Crippen LogP) is 3.08. The standard InChI is InChI=1S/C17H18ClN5O/c1-11-12(2)24-8-7-22(11)16-9-15(18)20-17(21-16)23-10-19-13-5-3-4-6-14(13)23/h3-6,9-12H,7-8H2,1-2H3/t11-,12-/m0/s1. The molecule has 2 aromatic heterocycles. The third-order valence-electron chi connectivity index (χ3n) is 4.52. The molecule has 1 aliphatic heterocycles. The molecule has 0 bridgehead atoms. The van der Waals surface area contributed by atoms with Gasteiger partial charge in [0.2, 0.25) is 5.95 Å². The zero-order chi connectivity index (χ0) is 16.7. The number of anilines is 1. The Morgan fingerprint density at radius 1 is 1.21 bits per heavy atom. The van der Waals surface area contributed by atoms with Crippen LogP contribution in [-0.4, -0.2) is 44.8 Å². The molecular formula is C17H18ClN5O. The van der Waals surface area contributed by atoms with E-state index in [1.54, 1.807) is 12.4 Å². The van der Waals surface area contributed by atoms with Gasteiger partial charge in [0.15, 0.2) is 0 Å². The number of imidazole rings is 1. The minimum atomic E-state index is 0.144. The molecule has 1 aromatic carbocycles. The Morgan fingerprint density at radius 3 is 2.92 bits per heavy atom. The summed E-state index contributed by atoms with van der Waals surface area (Å²) in [5.74, 6) is 1.34. The van der Waals surface area contributed by atoms with Gasteiger partial charge in [0.05, 0.1) is 29.8 Å². The van der Waals surface area contributed by atoms with Crippen molar-refractivity contribution in [1.29, 1.82) is 0 Å². The third kappa shape index (κ3) is 2.61. The average molecular weight is 344 g/mol. The fraction of sp³-hybridized carbons (Fsp3) is 0.353. The largest absolute Gasteiger partial charge is 0.375 e. The van der Waals surface area contributed by atoms with Gasteiger partial charge in [-0.05, 0) is 26.0 Å². The van der Waals surface area contributed by atoms with Gasteiger partial charge in [-0.2, -0.15) is 4.98 Å². The summed E-state index contributed by atoms with van der Waals surface area (Å²) in [6.45, 7) is 5.66. The van der Waals surface area contributed by atoms with Crippen LogP contribution in [0.5, 0.6) is 0 Å². The number of hydrogen-bond acceptors (Lipinski definition) is 5. The lowest BCUT2D eigenvalue weighted by molar-refractivity contribution is 0.0281. The third-order valence-corrected chi connectivity index (χ3v) is 4.71. The van der Waals surface area contributed by atoms with Crippen LogP contribution < -0.4 is 4.90 Å². The molecule has 0 saturated carbocycles. The van der Waals surface area contributed by atoms with Crippen LogP contribution in [0.3, 0.4) is 0 Å². The quantitative estimate of drug-likeness (QED) is 0.669. The van der Waals surface area contributed by atoms with Crippen molar-refractivity contribution in [3.63, 3.8) is 0 Å². The van der Waals surface area contributed by atoms with Gasteiger partial charge >= 0.3 is 0 Å². The molecule has 3 heterocycles. The maximum atomic E-state index is 6.28. The molecule has 4 rings (SSSR count). The fourth-order valence-electron chi connectivity index (χ4n) is 3.02. The normalized spacial score (nSPS) is 21.4. The van der Waals surface area contributed by atoms with Gasteiger partial charge in [-0.25, -0.2) is 9.97 Å². The Labute approximate surface area is 145 Å². The first kappa shape index (κ1) is 15.4. The highest BCUT2D eigenvalue weighted by molar-refractivity contribution is 6.29. The molecule has 2 atom stereocenters. The minimum Gasteiger partial charge on any atom is -0.375 e. The number of fused-ring (bicyclic) bond motifs is 1. The maximum absolute atomic E-state index is 6.28. The predicted molar refractivity (Wildman–Crippen MR) is 93.9 cm³/mol. The van der Waals surface area contributed by atoms with E-state index < -0.39 is 0 Å². The Bertz CT molecular complexity index is 880. The Hall–Kier alpha value is -2.18. The zero-order valence-electron chi connectivity index (χ0n) is 13.6. The number of halogens is 1. The fourth-order valence-corrected chi connectivity index (χ4v) is 3.20. The number of morpholine rings is 1. The maximum Gasteiger partial charge on any atom is 0.238 e. The van der Waals surface area contributed by atoms with Crippen molar-refractivity contribution in [3.8, 4) is 5.95 Å². The molecule has 0 N–H and O–H groups in total. The van der Waals surface area contributed by atoms with E-state index in [4.69, 9.17) is 21.3 Å². The van der Waals surface area contributed by atoms with E-state index in [9.17, 15) is 0 Å². The van der Waals surface area contributed by atoms with E-state index in [2.05, 4.69) is 28.7 Å². The van der Waals surface area contributed by atoms with E-state index in [1.807, 2.05) is 28.8 Å². The summed E-state index contributed by atoms with van der Waals surface area (Å²) in [5.41, 5.74) is 1.85. The van der Waals surface area contributed by atoms with Gasteiger partial charge in [0, 0.05) is 12.6 Å². The number of benzene rings is 1. The molecule has 1 aliphatic rings. The molecule has 0 radical (unpaired) electrons. The average Bonchev–Trinajstić information content (AvgIpc) is 3.01. The van der Waals surface area contributed by atoms with Crippen LogP contribution in [0, 0.1) is 0 Å². The van der Waals surface area contributed by atoms with Crippen molar-refractivity contribution < 1.29 is 4.74 Å². The van der Waals surface area contributed by atoms with Crippen LogP contribution in [0.4, 0.5) is 5.82 Å². The van der Waals surface area contributed by atoms with Crippen molar-refractivity contribution >= 4 is 28.5 Å². The van der Waals surface area contributed by atoms with E-state index in [1.165, 1.54) is 0 Å². The second-order valence-electron chi connectivity index (χ2n) is 5.96. The summed E-state index contributed by atoms with van der Waals surface area (Å²) < 4.78 is 7.56. The van der Waals surface area contributed by atoms with Crippen LogP contribution >= 0.6 is 11.6 Å². The summed E-state index contributed by atoms with van der Waals surface area (Å²) in [6.07, 6.45) is 1.87. The van der Waals surface area contributed by atoms with E-state index in [0.29, 0.717) is 17.7 Å². The summed E-state index contributed by atoms with van der Waals surface area (Å²) in [7, 11) is 0. The second-order valence-corrected chi connectivity index (χ2v) is 6.35. The Morgan fingerprint density at radius 2 is 2.04 bits per heavy atom. The number of ether oxygens (including phenoxy) is 1. The van der Waals surface area contributed by atoms with Gasteiger partial charge in [0.1, 0.15) is 17.3 Å². The van der Waals surface area contributed by atoms with Crippen molar-refractivity contribution in [2.75, 3.05) is 18.1 Å². The molecule has 24 heavy (non-hydrogen) atoms. The van der Waals surface area contributed by atoms with Gasteiger partial charge in [0.25, 0.3) is 0 Å². The molecule has 6 nitrogen and oxygen atoms in total. The lowest BCUT2D eigenvalue weighted by atomic mass is 10.1. The summed E-state index contributed by atoms with van der Waals surface area (Å²) in [5, 5.41) is 0.416. The molecule has 7 heteroatoms. The zero-order valence-corrected chi connectivity index (χ0v) is 14.3. The molecule has 1 fully saturated rings. The van der Waals surface area contributed by atoms with Crippen molar-refractivity contribution in [3.05, 3.63) is 41.8 Å². The van der Waals surface area contributed by atoms with Gasteiger partial charge in [-0.15, -0.1) is 0 Å². The first-order valence-electron chi connectivity index (χ1n) is 7.99. The monoisotopic (exact) mass is 343 g/mol. The topological polar surface area (TPSA) is 56.1 Å². The molecule has 1 saturated heterocycles. The van der Waals surface area contributed by atoms with Gasteiger partial charge in [-0.1, -0.05) is 23.7 Å². The molecular weight excluding hydrogens is 326 g/mol. The van der Waals surface area contributed by atoms with Crippen molar-refractivity contribution in [1.82, 2.24) is 19.5 Å². The minimum absolute atomic E-state index is 0.144. The second kappa shape index (κ2) is 6.03. The number of nitrogens with zero attached hydrogens (tertiary/aromatic N) is 5. The highest BCUT2D eigenvalue weighted by atomic mass is 35.5.